The Kier molecular flexibility index (Phi) is 1.81. The van der Waals surface area contributed by atoms with Gasteiger partial charge in [-0.25, -0.2) is 0 Å². The Labute approximate surface area is 79.1 Å². The molecular weight excluding hydrogens is 184 g/mol. The number of rotatable bonds is 1. The molecule has 6 heteroatoms. The molecule has 0 atom stereocenters. The SMILES string of the molecule is CO[n+]1c(N)[nH][n+](=O)c2ccccc21. The maximum atomic E-state index is 11.4. The number of anilines is 1. The average Bonchev–Trinajstić information content (AvgIpc) is 2.18. The summed E-state index contributed by atoms with van der Waals surface area (Å²) < 4.78 is 1.95. The molecule has 0 amide bonds. The third-order valence-electron chi connectivity index (χ3n) is 1.94. The van der Waals surface area contributed by atoms with Gasteiger partial charge in [-0.3, -0.25) is 5.73 Å². The maximum Gasteiger partial charge on any atom is 0.447 e. The van der Waals surface area contributed by atoms with Crippen LogP contribution in [0.25, 0.3) is 11.0 Å². The van der Waals surface area contributed by atoms with E-state index in [-0.39, 0.29) is 5.95 Å². The van der Waals surface area contributed by atoms with Gasteiger partial charge in [-0.05, 0) is 10.8 Å². The van der Waals surface area contributed by atoms with Gasteiger partial charge in [0.15, 0.2) is 0 Å². The Morgan fingerprint density at radius 2 is 2.00 bits per heavy atom. The summed E-state index contributed by atoms with van der Waals surface area (Å²) in [5, 5.41) is 2.41. The average molecular weight is 194 g/mol. The number of nitrogens with zero attached hydrogens (tertiary/aromatic N) is 2. The summed E-state index contributed by atoms with van der Waals surface area (Å²) in [5.41, 5.74) is 6.63. The number of fused-ring (bicyclic) bond motifs is 1. The van der Waals surface area contributed by atoms with Crippen LogP contribution in [0.2, 0.25) is 0 Å². The van der Waals surface area contributed by atoms with Crippen molar-refractivity contribution < 1.29 is 14.1 Å². The molecular formula is C8H10N4O2+2. The molecule has 3 N–H and O–H groups in total. The highest BCUT2D eigenvalue weighted by atomic mass is 16.6. The third-order valence-corrected chi connectivity index (χ3v) is 1.94. The number of benzene rings is 1. The molecule has 0 spiro atoms. The van der Waals surface area contributed by atoms with E-state index in [4.69, 9.17) is 10.6 Å². The summed E-state index contributed by atoms with van der Waals surface area (Å²) in [4.78, 5) is 16.4. The van der Waals surface area contributed by atoms with E-state index in [1.807, 2.05) is 0 Å². The first-order valence-corrected chi connectivity index (χ1v) is 4.03. The van der Waals surface area contributed by atoms with Crippen molar-refractivity contribution in [3.05, 3.63) is 29.2 Å². The molecule has 0 fully saturated rings. The van der Waals surface area contributed by atoms with Crippen LogP contribution in [-0.2, 0) is 0 Å². The Balaban J connectivity index is 2.98. The zero-order valence-corrected chi connectivity index (χ0v) is 7.60. The predicted octanol–water partition coefficient (Wildman–Crippen LogP) is -0.989. The van der Waals surface area contributed by atoms with E-state index in [9.17, 15) is 4.91 Å². The van der Waals surface area contributed by atoms with E-state index in [1.165, 1.54) is 11.8 Å². The summed E-state index contributed by atoms with van der Waals surface area (Å²) in [6, 6.07) is 6.99. The molecule has 1 heterocycles. The fraction of sp³-hybridized carbons (Fsp3) is 0.125. The molecule has 0 aliphatic rings. The van der Waals surface area contributed by atoms with Crippen LogP contribution in [0.5, 0.6) is 0 Å². The molecule has 0 unspecified atom stereocenters. The quantitative estimate of drug-likeness (QED) is 0.572. The minimum atomic E-state index is 0.140. The van der Waals surface area contributed by atoms with Crippen LogP contribution < -0.4 is 19.8 Å². The minimum Gasteiger partial charge on any atom is -0.359 e. The maximum absolute atomic E-state index is 11.4. The molecule has 0 aliphatic carbocycles. The number of nitrogen functional groups attached to an aromatic ring is 1. The Morgan fingerprint density at radius 3 is 2.64 bits per heavy atom. The van der Waals surface area contributed by atoms with Gasteiger partial charge >= 0.3 is 11.5 Å². The van der Waals surface area contributed by atoms with Gasteiger partial charge in [0.1, 0.15) is 7.11 Å². The van der Waals surface area contributed by atoms with E-state index < -0.39 is 0 Å². The molecule has 6 nitrogen and oxygen atoms in total. The predicted molar refractivity (Wildman–Crippen MR) is 48.8 cm³/mol. The summed E-state index contributed by atoms with van der Waals surface area (Å²) >= 11 is 0. The monoisotopic (exact) mass is 194 g/mol. The van der Waals surface area contributed by atoms with Crippen LogP contribution in [0, 0.1) is 4.91 Å². The van der Waals surface area contributed by atoms with Crippen molar-refractivity contribution in [2.24, 2.45) is 0 Å². The first kappa shape index (κ1) is 8.49. The minimum absolute atomic E-state index is 0.140. The summed E-state index contributed by atoms with van der Waals surface area (Å²) in [6.45, 7) is 0. The zero-order valence-electron chi connectivity index (χ0n) is 7.60. The second-order valence-corrected chi connectivity index (χ2v) is 2.76. The standard InChI is InChI=1S/C8H9N4O2/c1-14-11-6-4-2-3-5-7(6)12(13)10-8(11)9/h2-5H,1H3,(H2,9,10,13)/q+1/p+1. The number of aromatic nitrogens is 3. The highest BCUT2D eigenvalue weighted by Gasteiger charge is 2.19. The van der Waals surface area contributed by atoms with E-state index >= 15 is 0 Å². The van der Waals surface area contributed by atoms with Crippen molar-refractivity contribution in [2.75, 3.05) is 12.8 Å². The van der Waals surface area contributed by atoms with Crippen LogP contribution in [0.15, 0.2) is 24.3 Å². The molecule has 0 bridgehead atoms. The van der Waals surface area contributed by atoms with Crippen molar-refractivity contribution >= 4 is 17.0 Å². The molecule has 2 rings (SSSR count). The lowest BCUT2D eigenvalue weighted by molar-refractivity contribution is -0.861. The van der Waals surface area contributed by atoms with Gasteiger partial charge in [0.2, 0.25) is 10.1 Å². The highest BCUT2D eigenvalue weighted by molar-refractivity contribution is 5.66. The van der Waals surface area contributed by atoms with Gasteiger partial charge in [-0.2, -0.15) is 0 Å². The molecule has 0 radical (unpaired) electrons. The lowest BCUT2D eigenvalue weighted by atomic mass is 10.3. The fourth-order valence-corrected chi connectivity index (χ4v) is 1.34. The van der Waals surface area contributed by atoms with Crippen molar-refractivity contribution in [3.8, 4) is 0 Å². The largest absolute Gasteiger partial charge is 0.447 e. The second-order valence-electron chi connectivity index (χ2n) is 2.76. The van der Waals surface area contributed by atoms with Crippen LogP contribution >= 0.6 is 0 Å². The van der Waals surface area contributed by atoms with Crippen LogP contribution in [0.3, 0.4) is 0 Å². The molecule has 0 aliphatic heterocycles. The molecule has 14 heavy (non-hydrogen) atoms. The van der Waals surface area contributed by atoms with E-state index in [0.717, 1.165) is 0 Å². The molecule has 72 valence electrons. The molecule has 0 saturated carbocycles. The van der Waals surface area contributed by atoms with E-state index in [0.29, 0.717) is 15.6 Å². The fourth-order valence-electron chi connectivity index (χ4n) is 1.34. The summed E-state index contributed by atoms with van der Waals surface area (Å²) in [5.74, 6) is 0.140. The Bertz CT molecular complexity index is 534. The number of para-hydroxylation sites is 2. The summed E-state index contributed by atoms with van der Waals surface area (Å²) in [7, 11) is 1.48. The normalized spacial score (nSPS) is 10.4. The van der Waals surface area contributed by atoms with Gasteiger partial charge < -0.3 is 4.84 Å². The topological polar surface area (TPSA) is 77.9 Å². The number of hydrogen-bond donors (Lipinski definition) is 2. The van der Waals surface area contributed by atoms with Gasteiger partial charge in [0.25, 0.3) is 0 Å². The third kappa shape index (κ3) is 1.08. The van der Waals surface area contributed by atoms with Crippen molar-refractivity contribution in [1.29, 1.82) is 0 Å². The highest BCUT2D eigenvalue weighted by Crippen LogP contribution is 2.02. The van der Waals surface area contributed by atoms with Crippen molar-refractivity contribution in [3.63, 3.8) is 0 Å². The van der Waals surface area contributed by atoms with E-state index in [2.05, 4.69) is 5.10 Å². The van der Waals surface area contributed by atoms with Crippen LogP contribution in [-0.4, -0.2) is 12.2 Å². The van der Waals surface area contributed by atoms with Crippen molar-refractivity contribution in [2.45, 2.75) is 0 Å². The van der Waals surface area contributed by atoms with Crippen LogP contribution in [0.4, 0.5) is 5.95 Å². The number of H-pyrrole nitrogens is 1. The van der Waals surface area contributed by atoms with Gasteiger partial charge in [0, 0.05) is 11.2 Å². The van der Waals surface area contributed by atoms with Gasteiger partial charge in [-0.15, -0.1) is 0 Å². The zero-order chi connectivity index (χ0) is 10.1. The number of nitrogens with two attached hydrogens (primary N) is 1. The van der Waals surface area contributed by atoms with Gasteiger partial charge in [-0.1, -0.05) is 12.1 Å². The number of hydrogen-bond acceptors (Lipinski definition) is 3. The Morgan fingerprint density at radius 1 is 1.36 bits per heavy atom. The lowest BCUT2D eigenvalue weighted by Gasteiger charge is -1.98. The van der Waals surface area contributed by atoms with Crippen LogP contribution in [0.1, 0.15) is 0 Å². The molecule has 1 aromatic carbocycles. The second kappa shape index (κ2) is 2.99. The van der Waals surface area contributed by atoms with Gasteiger partial charge in [0.05, 0.1) is 4.91 Å². The number of nitrogens with one attached hydrogen (secondary N) is 1. The van der Waals surface area contributed by atoms with Crippen molar-refractivity contribution in [1.82, 2.24) is 5.10 Å². The number of aromatic amines is 1. The first-order chi connectivity index (χ1) is 6.74. The Hall–Kier alpha value is -2.11. The van der Waals surface area contributed by atoms with E-state index in [1.54, 1.807) is 24.3 Å². The molecule has 0 saturated heterocycles. The molecule has 2 aromatic rings. The lowest BCUT2D eigenvalue weighted by Crippen LogP contribution is -2.48. The molecule has 1 aromatic heterocycles. The smallest absolute Gasteiger partial charge is 0.359 e. The summed E-state index contributed by atoms with van der Waals surface area (Å²) in [6.07, 6.45) is 0. The first-order valence-electron chi connectivity index (χ1n) is 4.03.